The molecule has 4 atom stereocenters. The maximum absolute atomic E-state index is 13.9. The summed E-state index contributed by atoms with van der Waals surface area (Å²) in [6.07, 6.45) is -0.340. The standard InChI is InChI=1S/C34H32N2O5/c1-34(40)21-28(37)30(32(38)35-25-15-7-3-8-16-25)29(31(34)33(39)36-26-17-9-4-10-18-26)24-14-11-19-27(20-24)41-22-23-12-5-2-6-13-23/h2-20,29-31,40H,21-22H2,1H3,(H,35,38)(H,36,39). The second-order valence-electron chi connectivity index (χ2n) is 10.5. The second kappa shape index (κ2) is 12.2. The van der Waals surface area contributed by atoms with Crippen molar-refractivity contribution in [2.24, 2.45) is 11.8 Å². The lowest BCUT2D eigenvalue weighted by Gasteiger charge is -2.44. The molecule has 4 aromatic rings. The topological polar surface area (TPSA) is 105 Å². The summed E-state index contributed by atoms with van der Waals surface area (Å²) in [6, 6.07) is 34.5. The van der Waals surface area contributed by atoms with Crippen LogP contribution >= 0.6 is 0 Å². The van der Waals surface area contributed by atoms with Gasteiger partial charge in [-0.2, -0.15) is 0 Å². The predicted molar refractivity (Wildman–Crippen MR) is 157 cm³/mol. The van der Waals surface area contributed by atoms with Gasteiger partial charge in [-0.15, -0.1) is 0 Å². The lowest BCUT2D eigenvalue weighted by atomic mass is 9.61. The van der Waals surface area contributed by atoms with E-state index in [1.165, 1.54) is 6.92 Å². The lowest BCUT2D eigenvalue weighted by molar-refractivity contribution is -0.150. The van der Waals surface area contributed by atoms with Crippen LogP contribution in [0.4, 0.5) is 11.4 Å². The number of benzene rings is 4. The average Bonchev–Trinajstić information content (AvgIpc) is 2.97. The molecular weight excluding hydrogens is 516 g/mol. The van der Waals surface area contributed by atoms with E-state index in [4.69, 9.17) is 4.74 Å². The van der Waals surface area contributed by atoms with Gasteiger partial charge in [0.1, 0.15) is 24.1 Å². The second-order valence-corrected chi connectivity index (χ2v) is 10.5. The van der Waals surface area contributed by atoms with Gasteiger partial charge in [0.25, 0.3) is 0 Å². The highest BCUT2D eigenvalue weighted by Gasteiger charge is 2.56. The maximum atomic E-state index is 13.9. The van der Waals surface area contributed by atoms with Crippen molar-refractivity contribution in [3.8, 4) is 5.75 Å². The molecule has 0 aromatic heterocycles. The zero-order valence-electron chi connectivity index (χ0n) is 22.7. The van der Waals surface area contributed by atoms with Gasteiger partial charge in [-0.1, -0.05) is 78.9 Å². The van der Waals surface area contributed by atoms with Crippen molar-refractivity contribution < 1.29 is 24.2 Å². The van der Waals surface area contributed by atoms with Gasteiger partial charge in [0.05, 0.1) is 11.5 Å². The zero-order chi connectivity index (χ0) is 28.8. The summed E-state index contributed by atoms with van der Waals surface area (Å²) >= 11 is 0. The molecule has 0 bridgehead atoms. The number of nitrogens with one attached hydrogen (secondary N) is 2. The van der Waals surface area contributed by atoms with E-state index >= 15 is 0 Å². The van der Waals surface area contributed by atoms with Crippen LogP contribution in [0.5, 0.6) is 5.75 Å². The van der Waals surface area contributed by atoms with Crippen LogP contribution in [-0.4, -0.2) is 28.3 Å². The van der Waals surface area contributed by atoms with Gasteiger partial charge in [-0.25, -0.2) is 0 Å². The van der Waals surface area contributed by atoms with Gasteiger partial charge in [-0.3, -0.25) is 14.4 Å². The predicted octanol–water partition coefficient (Wildman–Crippen LogP) is 5.58. The molecule has 1 aliphatic carbocycles. The number of anilines is 2. The van der Waals surface area contributed by atoms with Gasteiger partial charge >= 0.3 is 0 Å². The minimum absolute atomic E-state index is 0.321. The third kappa shape index (κ3) is 6.53. The molecule has 5 rings (SSSR count). The molecule has 208 valence electrons. The molecule has 0 aliphatic heterocycles. The minimum atomic E-state index is -1.70. The Morgan fingerprint density at radius 2 is 1.37 bits per heavy atom. The summed E-state index contributed by atoms with van der Waals surface area (Å²) in [7, 11) is 0. The van der Waals surface area contributed by atoms with E-state index in [0.717, 1.165) is 5.56 Å². The van der Waals surface area contributed by atoms with E-state index in [1.54, 1.807) is 72.8 Å². The van der Waals surface area contributed by atoms with Crippen LogP contribution in [-0.2, 0) is 21.0 Å². The molecule has 0 radical (unpaired) electrons. The molecular formula is C34H32N2O5. The Bertz CT molecular complexity index is 1510. The average molecular weight is 549 g/mol. The summed E-state index contributed by atoms with van der Waals surface area (Å²) in [5.74, 6) is -4.22. The van der Waals surface area contributed by atoms with Gasteiger partial charge in [0, 0.05) is 23.7 Å². The van der Waals surface area contributed by atoms with Crippen LogP contribution in [0.1, 0.15) is 30.4 Å². The van der Waals surface area contributed by atoms with Gasteiger partial charge in [0.15, 0.2) is 0 Å². The van der Waals surface area contributed by atoms with Crippen LogP contribution in [0.15, 0.2) is 115 Å². The van der Waals surface area contributed by atoms with Crippen molar-refractivity contribution in [1.29, 1.82) is 0 Å². The highest BCUT2D eigenvalue weighted by molar-refractivity contribution is 6.10. The molecule has 3 N–H and O–H groups in total. The Morgan fingerprint density at radius 3 is 1.98 bits per heavy atom. The van der Waals surface area contributed by atoms with Crippen LogP contribution < -0.4 is 15.4 Å². The number of carbonyl (C=O) groups excluding carboxylic acids is 3. The Morgan fingerprint density at radius 1 is 0.805 bits per heavy atom. The molecule has 1 aliphatic rings. The first-order valence-corrected chi connectivity index (χ1v) is 13.6. The van der Waals surface area contributed by atoms with Gasteiger partial charge in [-0.05, 0) is 54.4 Å². The number of aliphatic hydroxyl groups is 1. The molecule has 1 fully saturated rings. The molecule has 4 aromatic carbocycles. The number of ether oxygens (including phenoxy) is 1. The van der Waals surface area contributed by atoms with Crippen molar-refractivity contribution in [3.63, 3.8) is 0 Å². The summed E-state index contributed by atoms with van der Waals surface area (Å²) in [5, 5.41) is 17.3. The highest BCUT2D eigenvalue weighted by Crippen LogP contribution is 2.47. The number of hydrogen-bond acceptors (Lipinski definition) is 5. The molecule has 4 unspecified atom stereocenters. The summed E-state index contributed by atoms with van der Waals surface area (Å²) in [6.45, 7) is 1.80. The zero-order valence-corrected chi connectivity index (χ0v) is 22.7. The number of hydrogen-bond donors (Lipinski definition) is 3. The summed E-state index contributed by atoms with van der Waals surface area (Å²) in [4.78, 5) is 41.1. The summed E-state index contributed by atoms with van der Waals surface area (Å²) in [5.41, 5.74) is 0.908. The highest BCUT2D eigenvalue weighted by atomic mass is 16.5. The van der Waals surface area contributed by atoms with Crippen molar-refractivity contribution in [3.05, 3.63) is 126 Å². The third-order valence-electron chi connectivity index (χ3n) is 7.41. The third-order valence-corrected chi connectivity index (χ3v) is 7.41. The number of Topliss-reactive ketones (excluding diaryl/α,β-unsaturated/α-hetero) is 1. The molecule has 0 spiro atoms. The van der Waals surface area contributed by atoms with Crippen LogP contribution in [0.3, 0.4) is 0 Å². The van der Waals surface area contributed by atoms with E-state index in [1.807, 2.05) is 42.5 Å². The Hall–Kier alpha value is -4.75. The Labute approximate surface area is 239 Å². The van der Waals surface area contributed by atoms with Crippen molar-refractivity contribution in [2.75, 3.05) is 10.6 Å². The quantitative estimate of drug-likeness (QED) is 0.249. The Kier molecular flexibility index (Phi) is 8.26. The monoisotopic (exact) mass is 548 g/mol. The van der Waals surface area contributed by atoms with E-state index in [9.17, 15) is 19.5 Å². The summed E-state index contributed by atoms with van der Waals surface area (Å²) < 4.78 is 6.04. The van der Waals surface area contributed by atoms with Crippen LogP contribution in [0.2, 0.25) is 0 Å². The first kappa shape index (κ1) is 27.8. The van der Waals surface area contributed by atoms with Gasteiger partial charge in [0.2, 0.25) is 11.8 Å². The molecule has 41 heavy (non-hydrogen) atoms. The lowest BCUT2D eigenvalue weighted by Crippen LogP contribution is -2.56. The van der Waals surface area contributed by atoms with E-state index in [0.29, 0.717) is 29.3 Å². The SMILES string of the molecule is CC1(O)CC(=O)C(C(=O)Nc2ccccc2)C(c2cccc(OCc3ccccc3)c2)C1C(=O)Nc1ccccc1. The number of amides is 2. The Balaban J connectivity index is 1.53. The first-order chi connectivity index (χ1) is 19.8. The number of carbonyl (C=O) groups is 3. The van der Waals surface area contributed by atoms with E-state index in [2.05, 4.69) is 10.6 Å². The van der Waals surface area contributed by atoms with Crippen LogP contribution in [0, 0.1) is 11.8 Å². The fraction of sp³-hybridized carbons (Fsp3) is 0.206. The van der Waals surface area contributed by atoms with Crippen molar-refractivity contribution in [1.82, 2.24) is 0 Å². The molecule has 2 amide bonds. The molecule has 7 nitrogen and oxygen atoms in total. The van der Waals surface area contributed by atoms with Crippen molar-refractivity contribution >= 4 is 29.0 Å². The normalized spacial score (nSPS) is 22.0. The molecule has 0 saturated heterocycles. The van der Waals surface area contributed by atoms with Gasteiger partial charge < -0.3 is 20.5 Å². The maximum Gasteiger partial charge on any atom is 0.235 e. The van der Waals surface area contributed by atoms with E-state index < -0.39 is 41.0 Å². The molecule has 0 heterocycles. The number of rotatable bonds is 8. The first-order valence-electron chi connectivity index (χ1n) is 13.6. The molecule has 1 saturated carbocycles. The smallest absolute Gasteiger partial charge is 0.235 e. The van der Waals surface area contributed by atoms with E-state index in [-0.39, 0.29) is 6.42 Å². The molecule has 7 heteroatoms. The minimum Gasteiger partial charge on any atom is -0.489 e. The fourth-order valence-corrected chi connectivity index (χ4v) is 5.53. The number of para-hydroxylation sites is 2. The van der Waals surface area contributed by atoms with Crippen molar-refractivity contribution in [2.45, 2.75) is 31.5 Å². The fourth-order valence-electron chi connectivity index (χ4n) is 5.53. The van der Waals surface area contributed by atoms with Crippen LogP contribution in [0.25, 0.3) is 0 Å². The number of ketones is 1. The largest absolute Gasteiger partial charge is 0.489 e.